The first kappa shape index (κ1) is 20.7. The van der Waals surface area contributed by atoms with Crippen LogP contribution >= 0.6 is 11.3 Å². The molecule has 1 aliphatic carbocycles. The van der Waals surface area contributed by atoms with E-state index in [1.807, 2.05) is 18.2 Å². The van der Waals surface area contributed by atoms with Crippen LogP contribution in [0.15, 0.2) is 30.6 Å². The van der Waals surface area contributed by atoms with Gasteiger partial charge in [-0.2, -0.15) is 0 Å². The van der Waals surface area contributed by atoms with E-state index < -0.39 is 11.4 Å². The smallest absolute Gasteiger partial charge is 0.203 e. The van der Waals surface area contributed by atoms with Gasteiger partial charge in [-0.05, 0) is 37.5 Å². The Bertz CT molecular complexity index is 1290. The normalized spacial score (nSPS) is 14.9. The van der Waals surface area contributed by atoms with Crippen molar-refractivity contribution in [1.29, 1.82) is 0 Å². The number of aromatic nitrogens is 3. The molecule has 2 N–H and O–H groups in total. The van der Waals surface area contributed by atoms with Crippen LogP contribution in [-0.4, -0.2) is 41.4 Å². The number of pyridine rings is 1. The highest BCUT2D eigenvalue weighted by atomic mass is 32.1. The van der Waals surface area contributed by atoms with Crippen LogP contribution in [0.4, 0.5) is 4.39 Å². The number of aliphatic hydroxyl groups is 1. The van der Waals surface area contributed by atoms with Gasteiger partial charge < -0.3 is 24.3 Å². The molecule has 1 fully saturated rings. The maximum absolute atomic E-state index is 14.9. The van der Waals surface area contributed by atoms with Crippen LogP contribution in [0.2, 0.25) is 0 Å². The van der Waals surface area contributed by atoms with Crippen LogP contribution in [0.3, 0.4) is 0 Å². The molecule has 0 aliphatic heterocycles. The van der Waals surface area contributed by atoms with Gasteiger partial charge in [0.15, 0.2) is 17.3 Å². The number of H-pyrrole nitrogens is 1. The number of thiazole rings is 1. The quantitative estimate of drug-likeness (QED) is 0.430. The Kier molecular flexibility index (Phi) is 5.02. The SMILES string of the molecule is COc1cc(-c2cc3c(-c4cnc(C5(O)CCC5)s4)c(F)cnc3[nH]2)cc(OC)c1OC. The highest BCUT2D eigenvalue weighted by Crippen LogP contribution is 2.46. The Balaban J connectivity index is 1.63. The third kappa shape index (κ3) is 3.20. The summed E-state index contributed by atoms with van der Waals surface area (Å²) in [6, 6.07) is 5.48. The fourth-order valence-corrected chi connectivity index (χ4v) is 5.15. The van der Waals surface area contributed by atoms with Crippen molar-refractivity contribution in [2.24, 2.45) is 0 Å². The van der Waals surface area contributed by atoms with E-state index in [1.165, 1.54) is 17.5 Å². The zero-order valence-electron chi connectivity index (χ0n) is 17.9. The van der Waals surface area contributed by atoms with Gasteiger partial charge in [0.05, 0.1) is 32.4 Å². The molecule has 9 heteroatoms. The lowest BCUT2D eigenvalue weighted by Gasteiger charge is -2.34. The van der Waals surface area contributed by atoms with Crippen LogP contribution < -0.4 is 14.2 Å². The number of hydrogen-bond donors (Lipinski definition) is 2. The van der Waals surface area contributed by atoms with E-state index in [-0.39, 0.29) is 0 Å². The highest BCUT2D eigenvalue weighted by Gasteiger charge is 2.39. The first-order valence-corrected chi connectivity index (χ1v) is 11.0. The molecule has 1 aliphatic rings. The third-order valence-corrected chi connectivity index (χ3v) is 7.13. The highest BCUT2D eigenvalue weighted by molar-refractivity contribution is 7.15. The second-order valence-corrected chi connectivity index (χ2v) is 8.79. The van der Waals surface area contributed by atoms with Crippen LogP contribution in [0.25, 0.3) is 32.7 Å². The zero-order valence-corrected chi connectivity index (χ0v) is 18.7. The van der Waals surface area contributed by atoms with Crippen LogP contribution in [0, 0.1) is 5.82 Å². The number of ether oxygens (including phenoxy) is 3. The maximum atomic E-state index is 14.9. The van der Waals surface area contributed by atoms with Gasteiger partial charge in [0.25, 0.3) is 0 Å². The number of methoxy groups -OCH3 is 3. The van der Waals surface area contributed by atoms with E-state index in [1.54, 1.807) is 27.5 Å². The molecule has 3 aromatic heterocycles. The number of fused-ring (bicyclic) bond motifs is 1. The van der Waals surface area contributed by atoms with Crippen molar-refractivity contribution in [1.82, 2.24) is 15.0 Å². The summed E-state index contributed by atoms with van der Waals surface area (Å²) >= 11 is 1.32. The topological polar surface area (TPSA) is 89.5 Å². The molecule has 7 nitrogen and oxygen atoms in total. The minimum atomic E-state index is -0.884. The van der Waals surface area contributed by atoms with Gasteiger partial charge in [0.1, 0.15) is 16.3 Å². The van der Waals surface area contributed by atoms with Crippen molar-refractivity contribution < 1.29 is 23.7 Å². The van der Waals surface area contributed by atoms with Gasteiger partial charge in [-0.1, -0.05) is 0 Å². The number of halogens is 1. The Hall–Kier alpha value is -3.17. The molecule has 0 spiro atoms. The van der Waals surface area contributed by atoms with Crippen molar-refractivity contribution in [3.63, 3.8) is 0 Å². The molecule has 0 bridgehead atoms. The summed E-state index contributed by atoms with van der Waals surface area (Å²) in [5.41, 5.74) is 1.57. The third-order valence-electron chi connectivity index (χ3n) is 5.92. The first-order valence-electron chi connectivity index (χ1n) is 10.1. The van der Waals surface area contributed by atoms with Gasteiger partial charge in [0, 0.05) is 28.4 Å². The van der Waals surface area contributed by atoms with Gasteiger partial charge in [-0.3, -0.25) is 0 Å². The number of nitrogens with zero attached hydrogens (tertiary/aromatic N) is 2. The van der Waals surface area contributed by atoms with E-state index in [0.717, 1.165) is 17.7 Å². The predicted molar refractivity (Wildman–Crippen MR) is 120 cm³/mol. The van der Waals surface area contributed by atoms with Crippen molar-refractivity contribution in [3.05, 3.63) is 41.4 Å². The summed E-state index contributed by atoms with van der Waals surface area (Å²) in [6.07, 6.45) is 5.16. The fourth-order valence-electron chi connectivity index (χ4n) is 4.02. The number of nitrogens with one attached hydrogen (secondary N) is 1. The summed E-state index contributed by atoms with van der Waals surface area (Å²) in [7, 11) is 4.66. The van der Waals surface area contributed by atoms with Gasteiger partial charge in [0.2, 0.25) is 5.75 Å². The van der Waals surface area contributed by atoms with Crippen molar-refractivity contribution >= 4 is 22.4 Å². The molecule has 4 aromatic rings. The molecular weight excluding hydrogens is 433 g/mol. The molecule has 0 saturated heterocycles. The molecule has 0 amide bonds. The number of aromatic amines is 1. The lowest BCUT2D eigenvalue weighted by molar-refractivity contribution is -0.0389. The second-order valence-electron chi connectivity index (χ2n) is 7.76. The van der Waals surface area contributed by atoms with Crippen LogP contribution in [0.5, 0.6) is 17.2 Å². The van der Waals surface area contributed by atoms with Crippen molar-refractivity contribution in [3.8, 4) is 38.9 Å². The first-order chi connectivity index (χ1) is 15.5. The van der Waals surface area contributed by atoms with Crippen molar-refractivity contribution in [2.75, 3.05) is 21.3 Å². The predicted octanol–water partition coefficient (Wildman–Crippen LogP) is 4.89. The van der Waals surface area contributed by atoms with Gasteiger partial charge in [-0.25, -0.2) is 14.4 Å². The molecular formula is C23H22FN3O4S. The van der Waals surface area contributed by atoms with Gasteiger partial charge >= 0.3 is 0 Å². The molecule has 3 heterocycles. The molecule has 1 aromatic carbocycles. The molecule has 32 heavy (non-hydrogen) atoms. The Morgan fingerprint density at radius 3 is 2.34 bits per heavy atom. The average Bonchev–Trinajstić information content (AvgIpc) is 3.44. The van der Waals surface area contributed by atoms with E-state index in [0.29, 0.717) is 56.6 Å². The molecule has 0 unspecified atom stereocenters. The minimum absolute atomic E-state index is 0.414. The number of rotatable bonds is 6. The minimum Gasteiger partial charge on any atom is -0.493 e. The molecule has 5 rings (SSSR count). The second kappa shape index (κ2) is 7.75. The Morgan fingerprint density at radius 1 is 1.03 bits per heavy atom. The van der Waals surface area contributed by atoms with Crippen LogP contribution in [-0.2, 0) is 5.60 Å². The van der Waals surface area contributed by atoms with Gasteiger partial charge in [-0.15, -0.1) is 11.3 Å². The van der Waals surface area contributed by atoms with E-state index in [4.69, 9.17) is 14.2 Å². The monoisotopic (exact) mass is 455 g/mol. The van der Waals surface area contributed by atoms with E-state index in [2.05, 4.69) is 15.0 Å². The van der Waals surface area contributed by atoms with Crippen LogP contribution in [0.1, 0.15) is 24.3 Å². The summed E-state index contributed by atoms with van der Waals surface area (Å²) in [6.45, 7) is 0. The largest absolute Gasteiger partial charge is 0.493 e. The Labute approximate surface area is 187 Å². The number of hydrogen-bond acceptors (Lipinski definition) is 7. The average molecular weight is 456 g/mol. The zero-order chi connectivity index (χ0) is 22.5. The Morgan fingerprint density at radius 2 is 1.75 bits per heavy atom. The lowest BCUT2D eigenvalue weighted by atomic mass is 9.81. The molecule has 166 valence electrons. The van der Waals surface area contributed by atoms with E-state index >= 15 is 0 Å². The molecule has 0 atom stereocenters. The number of benzene rings is 1. The fraction of sp³-hybridized carbons (Fsp3) is 0.304. The maximum Gasteiger partial charge on any atom is 0.203 e. The molecule has 1 saturated carbocycles. The summed E-state index contributed by atoms with van der Waals surface area (Å²) in [5, 5.41) is 11.9. The summed E-state index contributed by atoms with van der Waals surface area (Å²) in [4.78, 5) is 12.5. The van der Waals surface area contributed by atoms with E-state index in [9.17, 15) is 9.50 Å². The lowest BCUT2D eigenvalue weighted by Crippen LogP contribution is -2.33. The van der Waals surface area contributed by atoms with Crippen molar-refractivity contribution in [2.45, 2.75) is 24.9 Å². The summed E-state index contributed by atoms with van der Waals surface area (Å²) in [5.74, 6) is 1.08. The summed E-state index contributed by atoms with van der Waals surface area (Å²) < 4.78 is 31.2. The standard InChI is InChI=1S/C23H22FN3O4S/c1-29-16-7-12(8-17(30-2)20(16)31-3)15-9-13-19(14(24)10-25-21(13)27-15)18-11-26-22(32-18)23(28)5-4-6-23/h7-11,28H,4-6H2,1-3H3,(H,25,27). The molecule has 0 radical (unpaired) electrons.